The van der Waals surface area contributed by atoms with Gasteiger partial charge in [0.1, 0.15) is 0 Å². The summed E-state index contributed by atoms with van der Waals surface area (Å²) in [5, 5.41) is 3.19. The second-order valence-electron chi connectivity index (χ2n) is 3.33. The molecule has 0 saturated heterocycles. The second-order valence-corrected chi connectivity index (χ2v) is 3.33. The molecule has 0 radical (unpaired) electrons. The number of rotatable bonds is 2. The van der Waals surface area contributed by atoms with Crippen LogP contribution in [0.15, 0.2) is 0 Å². The van der Waals surface area contributed by atoms with Crippen LogP contribution in [-0.2, 0) is 0 Å². The van der Waals surface area contributed by atoms with Gasteiger partial charge in [0.15, 0.2) is 0 Å². The van der Waals surface area contributed by atoms with Crippen LogP contribution in [0.25, 0.3) is 0 Å². The molecular formula is C10H17N. The minimum atomic E-state index is 0.315. The highest BCUT2D eigenvalue weighted by Crippen LogP contribution is 2.25. The summed E-state index contributed by atoms with van der Waals surface area (Å²) in [6.07, 6.45) is 12.2. The number of hydrogen-bond donors (Lipinski definition) is 1. The highest BCUT2D eigenvalue weighted by atomic mass is 14.9. The van der Waals surface area contributed by atoms with Crippen LogP contribution < -0.4 is 5.32 Å². The van der Waals surface area contributed by atoms with Gasteiger partial charge in [-0.05, 0) is 25.8 Å². The summed E-state index contributed by atoms with van der Waals surface area (Å²) in [6, 6.07) is 0.315. The SMILES string of the molecule is C#CC(NC)C1CCCCC1. The molecule has 0 bridgehead atoms. The molecule has 0 aromatic heterocycles. The molecule has 11 heavy (non-hydrogen) atoms. The fraction of sp³-hybridized carbons (Fsp3) is 0.800. The van der Waals surface area contributed by atoms with E-state index in [0.717, 1.165) is 5.92 Å². The lowest BCUT2D eigenvalue weighted by Crippen LogP contribution is -2.33. The average molecular weight is 151 g/mol. The Bertz CT molecular complexity index is 139. The van der Waals surface area contributed by atoms with Gasteiger partial charge in [0.2, 0.25) is 0 Å². The van der Waals surface area contributed by atoms with E-state index in [-0.39, 0.29) is 0 Å². The summed E-state index contributed by atoms with van der Waals surface area (Å²) in [4.78, 5) is 0. The van der Waals surface area contributed by atoms with E-state index in [4.69, 9.17) is 6.42 Å². The van der Waals surface area contributed by atoms with Gasteiger partial charge in [-0.25, -0.2) is 0 Å². The first-order chi connectivity index (χ1) is 5.38. The molecule has 0 heterocycles. The van der Waals surface area contributed by atoms with Crippen molar-refractivity contribution in [1.82, 2.24) is 5.32 Å². The van der Waals surface area contributed by atoms with E-state index < -0.39 is 0 Å². The lowest BCUT2D eigenvalue weighted by Gasteiger charge is -2.26. The Morgan fingerprint density at radius 3 is 2.45 bits per heavy atom. The Morgan fingerprint density at radius 1 is 1.36 bits per heavy atom. The molecule has 0 aromatic carbocycles. The van der Waals surface area contributed by atoms with Crippen LogP contribution in [0.2, 0.25) is 0 Å². The second kappa shape index (κ2) is 4.41. The van der Waals surface area contributed by atoms with E-state index >= 15 is 0 Å². The van der Waals surface area contributed by atoms with Crippen LogP contribution in [-0.4, -0.2) is 13.1 Å². The topological polar surface area (TPSA) is 12.0 Å². The molecule has 1 heteroatoms. The first-order valence-corrected chi connectivity index (χ1v) is 4.52. The Kier molecular flexibility index (Phi) is 3.45. The maximum Gasteiger partial charge on any atom is 0.0713 e. The monoisotopic (exact) mass is 151 g/mol. The fourth-order valence-corrected chi connectivity index (χ4v) is 1.92. The van der Waals surface area contributed by atoms with Crippen LogP contribution in [0.4, 0.5) is 0 Å². The fourth-order valence-electron chi connectivity index (χ4n) is 1.92. The van der Waals surface area contributed by atoms with Crippen molar-refractivity contribution in [3.05, 3.63) is 0 Å². The van der Waals surface area contributed by atoms with Crippen molar-refractivity contribution in [2.75, 3.05) is 7.05 Å². The van der Waals surface area contributed by atoms with Crippen LogP contribution in [0.1, 0.15) is 32.1 Å². The van der Waals surface area contributed by atoms with Crippen molar-refractivity contribution < 1.29 is 0 Å². The molecule has 1 rings (SSSR count). The Hall–Kier alpha value is -0.480. The zero-order valence-electron chi connectivity index (χ0n) is 7.27. The first-order valence-electron chi connectivity index (χ1n) is 4.52. The summed E-state index contributed by atoms with van der Waals surface area (Å²) < 4.78 is 0. The lowest BCUT2D eigenvalue weighted by molar-refractivity contribution is 0.315. The average Bonchev–Trinajstić information content (AvgIpc) is 2.09. The smallest absolute Gasteiger partial charge is 0.0713 e. The normalized spacial score (nSPS) is 22.5. The quantitative estimate of drug-likeness (QED) is 0.593. The van der Waals surface area contributed by atoms with E-state index in [1.807, 2.05) is 7.05 Å². The summed E-state index contributed by atoms with van der Waals surface area (Å²) in [5.41, 5.74) is 0. The van der Waals surface area contributed by atoms with Crippen LogP contribution in [0.3, 0.4) is 0 Å². The van der Waals surface area contributed by atoms with Gasteiger partial charge in [-0.15, -0.1) is 6.42 Å². The number of terminal acetylenes is 1. The lowest BCUT2D eigenvalue weighted by atomic mass is 9.84. The number of hydrogen-bond acceptors (Lipinski definition) is 1. The molecule has 1 unspecified atom stereocenters. The Labute approximate surface area is 69.6 Å². The largest absolute Gasteiger partial charge is 0.307 e. The minimum absolute atomic E-state index is 0.315. The molecule has 1 atom stereocenters. The minimum Gasteiger partial charge on any atom is -0.307 e. The molecule has 1 fully saturated rings. The standard InChI is InChI=1S/C10H17N/c1-3-10(11-2)9-7-5-4-6-8-9/h1,9-11H,4-8H2,2H3. The molecule has 1 N–H and O–H groups in total. The molecule has 0 spiro atoms. The molecule has 1 aliphatic rings. The van der Waals surface area contributed by atoms with E-state index in [1.165, 1.54) is 32.1 Å². The van der Waals surface area contributed by atoms with E-state index in [9.17, 15) is 0 Å². The zero-order valence-corrected chi connectivity index (χ0v) is 7.27. The third-order valence-corrected chi connectivity index (χ3v) is 2.61. The predicted octanol–water partition coefficient (Wildman–Crippen LogP) is 1.79. The van der Waals surface area contributed by atoms with Crippen LogP contribution in [0, 0.1) is 18.3 Å². The van der Waals surface area contributed by atoms with Gasteiger partial charge in [0, 0.05) is 0 Å². The number of nitrogens with one attached hydrogen (secondary N) is 1. The maximum atomic E-state index is 5.40. The Balaban J connectivity index is 2.38. The highest BCUT2D eigenvalue weighted by Gasteiger charge is 2.19. The van der Waals surface area contributed by atoms with E-state index in [1.54, 1.807) is 0 Å². The third kappa shape index (κ3) is 2.24. The van der Waals surface area contributed by atoms with Crippen molar-refractivity contribution in [3.8, 4) is 12.3 Å². The van der Waals surface area contributed by atoms with Gasteiger partial charge < -0.3 is 5.32 Å². The van der Waals surface area contributed by atoms with Gasteiger partial charge in [-0.1, -0.05) is 25.2 Å². The summed E-state index contributed by atoms with van der Waals surface area (Å²) in [7, 11) is 1.96. The van der Waals surface area contributed by atoms with E-state index in [0.29, 0.717) is 6.04 Å². The van der Waals surface area contributed by atoms with Crippen molar-refractivity contribution in [3.63, 3.8) is 0 Å². The summed E-state index contributed by atoms with van der Waals surface area (Å²) in [5.74, 6) is 3.55. The Morgan fingerprint density at radius 2 is 2.00 bits per heavy atom. The molecule has 1 saturated carbocycles. The van der Waals surface area contributed by atoms with Gasteiger partial charge in [0.25, 0.3) is 0 Å². The van der Waals surface area contributed by atoms with Crippen LogP contribution in [0.5, 0.6) is 0 Å². The summed E-state index contributed by atoms with van der Waals surface area (Å²) >= 11 is 0. The first kappa shape index (κ1) is 8.62. The van der Waals surface area contributed by atoms with Crippen molar-refractivity contribution in [2.24, 2.45) is 5.92 Å². The molecule has 1 nitrogen and oxygen atoms in total. The maximum absolute atomic E-state index is 5.40. The van der Waals surface area contributed by atoms with Gasteiger partial charge in [0.05, 0.1) is 6.04 Å². The third-order valence-electron chi connectivity index (χ3n) is 2.61. The van der Waals surface area contributed by atoms with Gasteiger partial charge in [-0.3, -0.25) is 0 Å². The van der Waals surface area contributed by atoms with Crippen molar-refractivity contribution in [1.29, 1.82) is 0 Å². The van der Waals surface area contributed by atoms with E-state index in [2.05, 4.69) is 11.2 Å². The van der Waals surface area contributed by atoms with Crippen molar-refractivity contribution >= 4 is 0 Å². The van der Waals surface area contributed by atoms with Crippen molar-refractivity contribution in [2.45, 2.75) is 38.1 Å². The van der Waals surface area contributed by atoms with Gasteiger partial charge >= 0.3 is 0 Å². The molecule has 0 amide bonds. The molecule has 0 aromatic rings. The van der Waals surface area contributed by atoms with Crippen LogP contribution >= 0.6 is 0 Å². The molecular weight excluding hydrogens is 134 g/mol. The summed E-state index contributed by atoms with van der Waals surface area (Å²) in [6.45, 7) is 0. The zero-order chi connectivity index (χ0) is 8.10. The van der Waals surface area contributed by atoms with Gasteiger partial charge in [-0.2, -0.15) is 0 Å². The highest BCUT2D eigenvalue weighted by molar-refractivity contribution is 5.01. The molecule has 62 valence electrons. The predicted molar refractivity (Wildman–Crippen MR) is 48.3 cm³/mol. The molecule has 0 aliphatic heterocycles. The molecule has 1 aliphatic carbocycles.